The van der Waals surface area contributed by atoms with Crippen LogP contribution in [-0.2, 0) is 14.3 Å². The number of hydrogen-bond donors (Lipinski definition) is 0. The third-order valence-corrected chi connectivity index (χ3v) is 5.11. The normalized spacial score (nSPS) is 16.9. The first-order chi connectivity index (χ1) is 12.5. The fraction of sp³-hybridized carbons (Fsp3) is 0.421. The molecule has 1 aliphatic heterocycles. The maximum Gasteiger partial charge on any atom is 0.329 e. The van der Waals surface area contributed by atoms with Crippen LogP contribution in [0.5, 0.6) is 5.75 Å². The number of carbonyl (C=O) groups is 2. The van der Waals surface area contributed by atoms with Gasteiger partial charge in [-0.2, -0.15) is 0 Å². The van der Waals surface area contributed by atoms with Gasteiger partial charge in [-0.05, 0) is 44.0 Å². The second-order valence-electron chi connectivity index (χ2n) is 5.75. The van der Waals surface area contributed by atoms with Crippen LogP contribution in [0.2, 0.25) is 0 Å². The van der Waals surface area contributed by atoms with Crippen LogP contribution in [0.3, 0.4) is 0 Å². The molecule has 5 nitrogen and oxygen atoms in total. The van der Waals surface area contributed by atoms with Crippen molar-refractivity contribution < 1.29 is 19.1 Å². The summed E-state index contributed by atoms with van der Waals surface area (Å²) in [5, 5.41) is 0. The van der Waals surface area contributed by atoms with Crippen molar-refractivity contribution in [3.63, 3.8) is 0 Å². The number of rotatable bonds is 8. The highest BCUT2D eigenvalue weighted by Gasteiger charge is 2.38. The van der Waals surface area contributed by atoms with E-state index in [-0.39, 0.29) is 12.5 Å². The van der Waals surface area contributed by atoms with Crippen molar-refractivity contribution in [3.8, 4) is 5.75 Å². The van der Waals surface area contributed by atoms with Gasteiger partial charge in [0, 0.05) is 0 Å². The van der Waals surface area contributed by atoms with Crippen LogP contribution in [0, 0.1) is 0 Å². The molecule has 1 atom stereocenters. The third kappa shape index (κ3) is 5.08. The molecule has 7 heteroatoms. The molecule has 0 bridgehead atoms. The number of amides is 1. The molecule has 0 radical (unpaired) electrons. The number of thiocarbonyl (C=S) groups is 1. The number of hydrogen-bond acceptors (Lipinski definition) is 6. The van der Waals surface area contributed by atoms with Crippen molar-refractivity contribution in [2.24, 2.45) is 0 Å². The lowest BCUT2D eigenvalue weighted by Crippen LogP contribution is -2.42. The van der Waals surface area contributed by atoms with Crippen molar-refractivity contribution >= 4 is 46.3 Å². The van der Waals surface area contributed by atoms with E-state index in [0.29, 0.717) is 15.8 Å². The van der Waals surface area contributed by atoms with Crippen molar-refractivity contribution in [3.05, 3.63) is 34.7 Å². The second kappa shape index (κ2) is 9.73. The first kappa shape index (κ1) is 20.5. The summed E-state index contributed by atoms with van der Waals surface area (Å²) in [5.74, 6) is 0.0709. The number of carbonyl (C=O) groups excluding carboxylic acids is 2. The minimum Gasteiger partial charge on any atom is -0.494 e. The van der Waals surface area contributed by atoms with Crippen LogP contribution >= 0.6 is 24.0 Å². The summed E-state index contributed by atoms with van der Waals surface area (Å²) in [5.41, 5.74) is 0.872. The highest BCUT2D eigenvalue weighted by Crippen LogP contribution is 2.34. The summed E-state index contributed by atoms with van der Waals surface area (Å²) in [6.07, 6.45) is 3.88. The third-order valence-electron chi connectivity index (χ3n) is 3.78. The van der Waals surface area contributed by atoms with E-state index in [1.165, 1.54) is 16.7 Å². The number of ether oxygens (including phenoxy) is 2. The first-order valence-electron chi connectivity index (χ1n) is 8.64. The predicted molar refractivity (Wildman–Crippen MR) is 108 cm³/mol. The minimum atomic E-state index is -0.734. The first-order valence-corrected chi connectivity index (χ1v) is 9.87. The molecule has 1 aromatic carbocycles. The van der Waals surface area contributed by atoms with Gasteiger partial charge < -0.3 is 9.47 Å². The summed E-state index contributed by atoms with van der Waals surface area (Å²) in [6, 6.07) is 6.81. The fourth-order valence-corrected chi connectivity index (χ4v) is 3.75. The minimum absolute atomic E-state index is 0.264. The van der Waals surface area contributed by atoms with E-state index in [1.807, 2.05) is 24.3 Å². The topological polar surface area (TPSA) is 55.8 Å². The van der Waals surface area contributed by atoms with E-state index >= 15 is 0 Å². The maximum absolute atomic E-state index is 12.6. The Labute approximate surface area is 163 Å². The standard InChI is InChI=1S/C19H23NO4S2/c1-4-6-11-24-15-9-7-14(8-10-15)12-16-17(21)20(19(25)26-16)13(3)18(22)23-5-2/h7-10,12-13H,4-6,11H2,1-3H3/b16-12-. The molecule has 0 aromatic heterocycles. The Balaban J connectivity index is 2.08. The van der Waals surface area contributed by atoms with Gasteiger partial charge in [-0.25, -0.2) is 4.79 Å². The lowest BCUT2D eigenvalue weighted by molar-refractivity contribution is -0.149. The van der Waals surface area contributed by atoms with E-state index in [2.05, 4.69) is 6.92 Å². The molecule has 140 valence electrons. The Bertz CT molecular complexity index is 700. The van der Waals surface area contributed by atoms with E-state index in [9.17, 15) is 9.59 Å². The van der Waals surface area contributed by atoms with Crippen LogP contribution in [0.1, 0.15) is 39.2 Å². The second-order valence-corrected chi connectivity index (χ2v) is 7.43. The summed E-state index contributed by atoms with van der Waals surface area (Å²) < 4.78 is 11.0. The predicted octanol–water partition coefficient (Wildman–Crippen LogP) is 4.02. The fourth-order valence-electron chi connectivity index (χ4n) is 2.33. The molecular weight excluding hydrogens is 370 g/mol. The van der Waals surface area contributed by atoms with Crippen molar-refractivity contribution in [1.82, 2.24) is 4.90 Å². The molecule has 0 spiro atoms. The molecule has 2 rings (SSSR count). The van der Waals surface area contributed by atoms with Crippen LogP contribution in [-0.4, -0.2) is 40.4 Å². The van der Waals surface area contributed by atoms with Crippen LogP contribution in [0.25, 0.3) is 6.08 Å². The van der Waals surface area contributed by atoms with Gasteiger partial charge in [-0.3, -0.25) is 9.69 Å². The molecule has 1 heterocycles. The molecule has 0 N–H and O–H groups in total. The average Bonchev–Trinajstić information content (AvgIpc) is 2.90. The van der Waals surface area contributed by atoms with Crippen LogP contribution < -0.4 is 4.74 Å². The Kier molecular flexibility index (Phi) is 7.66. The molecule has 26 heavy (non-hydrogen) atoms. The van der Waals surface area contributed by atoms with Crippen LogP contribution in [0.15, 0.2) is 29.2 Å². The highest BCUT2D eigenvalue weighted by molar-refractivity contribution is 8.26. The zero-order valence-corrected chi connectivity index (χ0v) is 16.8. The summed E-state index contributed by atoms with van der Waals surface area (Å²) >= 11 is 6.46. The molecular formula is C19H23NO4S2. The summed E-state index contributed by atoms with van der Waals surface area (Å²) in [6.45, 7) is 6.42. The Morgan fingerprint density at radius 1 is 1.31 bits per heavy atom. The largest absolute Gasteiger partial charge is 0.494 e. The Morgan fingerprint density at radius 2 is 2.00 bits per heavy atom. The molecule has 1 aliphatic rings. The van der Waals surface area contributed by atoms with Crippen molar-refractivity contribution in [2.45, 2.75) is 39.7 Å². The van der Waals surface area contributed by atoms with Gasteiger partial charge in [0.1, 0.15) is 16.1 Å². The molecule has 1 saturated heterocycles. The van der Waals surface area contributed by atoms with Gasteiger partial charge in [0.05, 0.1) is 18.1 Å². The highest BCUT2D eigenvalue weighted by atomic mass is 32.2. The zero-order chi connectivity index (χ0) is 19.1. The van der Waals surface area contributed by atoms with E-state index in [0.717, 1.165) is 24.2 Å². The molecule has 1 fully saturated rings. The smallest absolute Gasteiger partial charge is 0.329 e. The van der Waals surface area contributed by atoms with E-state index < -0.39 is 12.0 Å². The molecule has 1 aromatic rings. The van der Waals surface area contributed by atoms with Crippen molar-refractivity contribution in [2.75, 3.05) is 13.2 Å². The summed E-state index contributed by atoms with van der Waals surface area (Å²) in [4.78, 5) is 26.3. The number of thioether (sulfide) groups is 1. The zero-order valence-electron chi connectivity index (χ0n) is 15.2. The van der Waals surface area contributed by atoms with Gasteiger partial charge in [0.15, 0.2) is 0 Å². The van der Waals surface area contributed by atoms with Gasteiger partial charge in [0.25, 0.3) is 5.91 Å². The number of benzene rings is 1. The number of nitrogens with zero attached hydrogens (tertiary/aromatic N) is 1. The lowest BCUT2D eigenvalue weighted by atomic mass is 10.2. The average molecular weight is 394 g/mol. The number of esters is 1. The number of unbranched alkanes of at least 4 members (excludes halogenated alkanes) is 1. The Hall–Kier alpha value is -1.86. The molecule has 1 unspecified atom stereocenters. The van der Waals surface area contributed by atoms with E-state index in [4.69, 9.17) is 21.7 Å². The monoisotopic (exact) mass is 393 g/mol. The van der Waals surface area contributed by atoms with Gasteiger partial charge in [-0.15, -0.1) is 0 Å². The van der Waals surface area contributed by atoms with Crippen LogP contribution in [0.4, 0.5) is 0 Å². The summed E-state index contributed by atoms with van der Waals surface area (Å²) in [7, 11) is 0. The van der Waals surface area contributed by atoms with E-state index in [1.54, 1.807) is 19.9 Å². The molecule has 1 amide bonds. The Morgan fingerprint density at radius 3 is 2.62 bits per heavy atom. The molecule has 0 saturated carbocycles. The van der Waals surface area contributed by atoms with Gasteiger partial charge in [0.2, 0.25) is 0 Å². The van der Waals surface area contributed by atoms with Gasteiger partial charge in [-0.1, -0.05) is 49.5 Å². The van der Waals surface area contributed by atoms with Crippen molar-refractivity contribution in [1.29, 1.82) is 0 Å². The van der Waals surface area contributed by atoms with Gasteiger partial charge >= 0.3 is 5.97 Å². The SMILES string of the molecule is CCCCOc1ccc(/C=C2\SC(=S)N(C(C)C(=O)OCC)C2=O)cc1. The maximum atomic E-state index is 12.6. The molecule has 0 aliphatic carbocycles. The quantitative estimate of drug-likeness (QED) is 0.288. The lowest BCUT2D eigenvalue weighted by Gasteiger charge is -2.21.